The summed E-state index contributed by atoms with van der Waals surface area (Å²) in [5.41, 5.74) is 2.66. The van der Waals surface area contributed by atoms with Crippen molar-refractivity contribution in [2.45, 2.75) is 48.3 Å². The predicted molar refractivity (Wildman–Crippen MR) is 134 cm³/mol. The molecule has 0 saturated carbocycles. The van der Waals surface area contributed by atoms with Crippen LogP contribution in [0.15, 0.2) is 58.5 Å². The maximum atomic E-state index is 12.9. The molecule has 1 atom stereocenters. The van der Waals surface area contributed by atoms with Crippen LogP contribution in [0.4, 0.5) is 5.69 Å². The van der Waals surface area contributed by atoms with Crippen molar-refractivity contribution < 1.29 is 13.2 Å². The fourth-order valence-corrected chi connectivity index (χ4v) is 6.56. The highest BCUT2D eigenvalue weighted by molar-refractivity contribution is 8.00. The van der Waals surface area contributed by atoms with Gasteiger partial charge in [0.15, 0.2) is 0 Å². The van der Waals surface area contributed by atoms with Gasteiger partial charge in [0, 0.05) is 24.2 Å². The molecule has 1 aliphatic rings. The third-order valence-corrected chi connectivity index (χ3v) is 9.03. The number of nitrogens with one attached hydrogen (secondary N) is 1. The topological polar surface area (TPSA) is 103 Å². The van der Waals surface area contributed by atoms with Crippen LogP contribution >= 0.6 is 11.8 Å². The lowest BCUT2D eigenvalue weighted by atomic mass is 10.1. The Morgan fingerprint density at radius 1 is 1.21 bits per heavy atom. The van der Waals surface area contributed by atoms with Crippen LogP contribution < -0.4 is 5.32 Å². The Bertz CT molecular complexity index is 1380. The van der Waals surface area contributed by atoms with Gasteiger partial charge in [0.05, 0.1) is 32.3 Å². The number of aromatic nitrogens is 1. The van der Waals surface area contributed by atoms with Gasteiger partial charge in [0.2, 0.25) is 15.9 Å². The second kappa shape index (κ2) is 10.1. The van der Waals surface area contributed by atoms with E-state index < -0.39 is 10.0 Å². The van der Waals surface area contributed by atoms with E-state index in [1.807, 2.05) is 19.9 Å². The Morgan fingerprint density at radius 3 is 2.68 bits per heavy atom. The highest BCUT2D eigenvalue weighted by atomic mass is 32.2. The molecule has 0 radical (unpaired) electrons. The van der Waals surface area contributed by atoms with Gasteiger partial charge >= 0.3 is 0 Å². The van der Waals surface area contributed by atoms with E-state index in [-0.39, 0.29) is 16.1 Å². The molecular weight excluding hydrogens is 468 g/mol. The Morgan fingerprint density at radius 2 is 1.97 bits per heavy atom. The third-order valence-electron chi connectivity index (χ3n) is 5.85. The van der Waals surface area contributed by atoms with Gasteiger partial charge in [-0.3, -0.25) is 4.79 Å². The SMILES string of the molecule is CC[C@@H](Sc1cc(C)c2cc(S(=O)(=O)N3CCCC3)ccc2n1)C(=O)Nc1cccc(C#N)c1. The van der Waals surface area contributed by atoms with Crippen molar-refractivity contribution in [3.63, 3.8) is 0 Å². The summed E-state index contributed by atoms with van der Waals surface area (Å²) < 4.78 is 27.4. The highest BCUT2D eigenvalue weighted by Crippen LogP contribution is 2.31. The maximum absolute atomic E-state index is 12.9. The van der Waals surface area contributed by atoms with E-state index in [1.54, 1.807) is 42.5 Å². The predicted octanol–water partition coefficient (Wildman–Crippen LogP) is 4.71. The van der Waals surface area contributed by atoms with Crippen LogP contribution in [0.2, 0.25) is 0 Å². The van der Waals surface area contributed by atoms with Crippen LogP contribution in [0.5, 0.6) is 0 Å². The van der Waals surface area contributed by atoms with Gasteiger partial charge in [-0.15, -0.1) is 0 Å². The largest absolute Gasteiger partial charge is 0.325 e. The van der Waals surface area contributed by atoms with Crippen LogP contribution in [0.25, 0.3) is 10.9 Å². The van der Waals surface area contributed by atoms with E-state index in [4.69, 9.17) is 10.2 Å². The standard InChI is InChI=1S/C25H26N4O3S2/c1-3-23(25(30)27-19-8-6-7-18(14-19)16-26)33-24-13-17(2)21-15-20(9-10-22(21)28-24)34(31,32)29-11-4-5-12-29/h6-10,13-15,23H,3-5,11-12H2,1-2H3,(H,27,30)/t23-/m1/s1. The Kier molecular flexibility index (Phi) is 7.22. The number of carbonyl (C=O) groups excluding carboxylic acids is 1. The van der Waals surface area contributed by atoms with Gasteiger partial charge in [0.25, 0.3) is 0 Å². The van der Waals surface area contributed by atoms with E-state index >= 15 is 0 Å². The molecule has 9 heteroatoms. The zero-order valence-electron chi connectivity index (χ0n) is 19.1. The summed E-state index contributed by atoms with van der Waals surface area (Å²) >= 11 is 1.37. The first-order valence-corrected chi connectivity index (χ1v) is 13.5. The molecule has 2 heterocycles. The number of sulfonamides is 1. The second-order valence-corrected chi connectivity index (χ2v) is 11.4. The minimum atomic E-state index is -3.50. The number of aryl methyl sites for hydroxylation is 1. The lowest BCUT2D eigenvalue weighted by Gasteiger charge is -2.17. The Balaban J connectivity index is 1.55. The van der Waals surface area contributed by atoms with Crippen molar-refractivity contribution in [1.82, 2.24) is 9.29 Å². The number of amides is 1. The zero-order valence-corrected chi connectivity index (χ0v) is 20.7. The molecule has 4 rings (SSSR count). The lowest BCUT2D eigenvalue weighted by Crippen LogP contribution is -2.27. The highest BCUT2D eigenvalue weighted by Gasteiger charge is 2.27. The number of fused-ring (bicyclic) bond motifs is 1. The number of nitrogens with zero attached hydrogens (tertiary/aromatic N) is 3. The minimum Gasteiger partial charge on any atom is -0.325 e. The number of thioether (sulfide) groups is 1. The van der Waals surface area contributed by atoms with Gasteiger partial charge in [-0.1, -0.05) is 24.8 Å². The molecule has 1 amide bonds. The molecular formula is C25H26N4O3S2. The molecule has 0 spiro atoms. The number of benzene rings is 2. The Hall–Kier alpha value is -2.93. The van der Waals surface area contributed by atoms with Gasteiger partial charge in [-0.05, 0) is 74.2 Å². The number of hydrogen-bond acceptors (Lipinski definition) is 6. The fourth-order valence-electron chi connectivity index (χ4n) is 4.00. The minimum absolute atomic E-state index is 0.158. The van der Waals surface area contributed by atoms with E-state index in [0.717, 1.165) is 23.8 Å². The van der Waals surface area contributed by atoms with Crippen LogP contribution in [0.1, 0.15) is 37.3 Å². The molecule has 1 saturated heterocycles. The quantitative estimate of drug-likeness (QED) is 0.477. The van der Waals surface area contributed by atoms with E-state index in [1.165, 1.54) is 16.1 Å². The van der Waals surface area contributed by atoms with E-state index in [2.05, 4.69) is 11.4 Å². The second-order valence-electron chi connectivity index (χ2n) is 8.26. The first kappa shape index (κ1) is 24.2. The molecule has 1 N–H and O–H groups in total. The summed E-state index contributed by atoms with van der Waals surface area (Å²) in [5, 5.41) is 13.1. The van der Waals surface area contributed by atoms with Crippen molar-refractivity contribution in [2.24, 2.45) is 0 Å². The van der Waals surface area contributed by atoms with Gasteiger partial charge in [-0.25, -0.2) is 13.4 Å². The smallest absolute Gasteiger partial charge is 0.243 e. The number of nitriles is 1. The number of carbonyl (C=O) groups is 1. The van der Waals surface area contributed by atoms with Crippen LogP contribution in [0, 0.1) is 18.3 Å². The summed E-state index contributed by atoms with van der Waals surface area (Å²) in [6.07, 6.45) is 2.38. The molecule has 0 bridgehead atoms. The summed E-state index contributed by atoms with van der Waals surface area (Å²) in [6.45, 7) is 4.99. The average molecular weight is 495 g/mol. The molecule has 2 aromatic carbocycles. The number of anilines is 1. The van der Waals surface area contributed by atoms with Crippen LogP contribution in [0.3, 0.4) is 0 Å². The van der Waals surface area contributed by atoms with Crippen LogP contribution in [-0.4, -0.2) is 42.0 Å². The average Bonchev–Trinajstić information content (AvgIpc) is 3.38. The van der Waals surface area contributed by atoms with Crippen molar-refractivity contribution in [2.75, 3.05) is 18.4 Å². The molecule has 176 valence electrons. The number of pyridine rings is 1. The molecule has 1 fully saturated rings. The monoisotopic (exact) mass is 494 g/mol. The van der Waals surface area contributed by atoms with Crippen molar-refractivity contribution in [1.29, 1.82) is 5.26 Å². The van der Waals surface area contributed by atoms with Crippen LogP contribution in [-0.2, 0) is 14.8 Å². The number of hydrogen-bond donors (Lipinski definition) is 1. The summed E-state index contributed by atoms with van der Waals surface area (Å²) in [5.74, 6) is -0.158. The van der Waals surface area contributed by atoms with Gasteiger partial charge in [-0.2, -0.15) is 9.57 Å². The molecule has 1 aromatic heterocycles. The summed E-state index contributed by atoms with van der Waals surface area (Å²) in [4.78, 5) is 17.8. The first-order chi connectivity index (χ1) is 16.3. The van der Waals surface area contributed by atoms with Gasteiger partial charge < -0.3 is 5.32 Å². The molecule has 0 unspecified atom stereocenters. The van der Waals surface area contributed by atoms with Crippen molar-refractivity contribution in [3.05, 3.63) is 59.7 Å². The third kappa shape index (κ3) is 5.09. The molecule has 0 aliphatic carbocycles. The first-order valence-electron chi connectivity index (χ1n) is 11.2. The van der Waals surface area contributed by atoms with E-state index in [9.17, 15) is 13.2 Å². The number of rotatable bonds is 7. The molecule has 3 aromatic rings. The Labute approximate surface area is 204 Å². The lowest BCUT2D eigenvalue weighted by molar-refractivity contribution is -0.115. The van der Waals surface area contributed by atoms with Crippen molar-refractivity contribution in [3.8, 4) is 6.07 Å². The summed E-state index contributed by atoms with van der Waals surface area (Å²) in [6, 6.07) is 15.8. The van der Waals surface area contributed by atoms with Gasteiger partial charge in [0.1, 0.15) is 0 Å². The summed E-state index contributed by atoms with van der Waals surface area (Å²) in [7, 11) is -3.50. The van der Waals surface area contributed by atoms with Crippen molar-refractivity contribution >= 4 is 44.3 Å². The molecule has 7 nitrogen and oxygen atoms in total. The zero-order chi connectivity index (χ0) is 24.3. The fraction of sp³-hybridized carbons (Fsp3) is 0.320. The maximum Gasteiger partial charge on any atom is 0.243 e. The van der Waals surface area contributed by atoms with E-state index in [0.29, 0.717) is 41.3 Å². The molecule has 34 heavy (non-hydrogen) atoms. The molecule has 1 aliphatic heterocycles. The normalized spacial score (nSPS) is 15.2.